The van der Waals surface area contributed by atoms with Gasteiger partial charge >= 0.3 is 5.97 Å². The molecule has 0 saturated heterocycles. The molecule has 0 aliphatic carbocycles. The van der Waals surface area contributed by atoms with Gasteiger partial charge in [-0.25, -0.2) is 4.79 Å². The first-order valence-corrected chi connectivity index (χ1v) is 5.00. The van der Waals surface area contributed by atoms with E-state index in [4.69, 9.17) is 10.2 Å². The lowest BCUT2D eigenvalue weighted by Gasteiger charge is -2.09. The highest BCUT2D eigenvalue weighted by Crippen LogP contribution is 2.18. The van der Waals surface area contributed by atoms with E-state index >= 15 is 0 Å². The van der Waals surface area contributed by atoms with E-state index in [1.165, 1.54) is 0 Å². The average molecular weight is 208 g/mol. The fraction of sp³-hybridized carbons (Fsp3) is 0.417. The van der Waals surface area contributed by atoms with Gasteiger partial charge in [-0.15, -0.1) is 0 Å². The molecule has 0 aliphatic rings. The molecule has 0 radical (unpaired) electrons. The lowest BCUT2D eigenvalue weighted by molar-refractivity contribution is 0.0696. The number of rotatable bonds is 4. The molecule has 0 heterocycles. The Labute approximate surface area is 89.4 Å². The summed E-state index contributed by atoms with van der Waals surface area (Å²) in [6.07, 6.45) is 1.40. The lowest BCUT2D eigenvalue weighted by atomic mass is 9.96. The third kappa shape index (κ3) is 2.80. The van der Waals surface area contributed by atoms with Gasteiger partial charge in [-0.05, 0) is 55.5 Å². The molecule has 0 saturated carbocycles. The van der Waals surface area contributed by atoms with Gasteiger partial charge in [0.15, 0.2) is 0 Å². The van der Waals surface area contributed by atoms with Crippen LogP contribution in [-0.2, 0) is 6.42 Å². The molecule has 82 valence electrons. The molecule has 0 unspecified atom stereocenters. The second kappa shape index (κ2) is 4.94. The van der Waals surface area contributed by atoms with Gasteiger partial charge < -0.3 is 10.2 Å². The molecule has 0 bridgehead atoms. The summed E-state index contributed by atoms with van der Waals surface area (Å²) in [5.41, 5.74) is 3.45. The fourth-order valence-electron chi connectivity index (χ4n) is 1.59. The SMILES string of the molecule is Cc1cc(C(=O)O)cc(CCCO)c1C. The first kappa shape index (κ1) is 11.7. The zero-order valence-corrected chi connectivity index (χ0v) is 9.08. The molecule has 1 aromatic rings. The Morgan fingerprint density at radius 3 is 2.53 bits per heavy atom. The van der Waals surface area contributed by atoms with Crippen molar-refractivity contribution >= 4 is 5.97 Å². The Morgan fingerprint density at radius 1 is 1.33 bits per heavy atom. The number of hydrogen-bond acceptors (Lipinski definition) is 2. The third-order valence-corrected chi connectivity index (χ3v) is 2.63. The van der Waals surface area contributed by atoms with Crippen LogP contribution in [0.2, 0.25) is 0 Å². The van der Waals surface area contributed by atoms with Crippen LogP contribution < -0.4 is 0 Å². The van der Waals surface area contributed by atoms with Crippen LogP contribution in [0.25, 0.3) is 0 Å². The molecule has 0 fully saturated rings. The van der Waals surface area contributed by atoms with Gasteiger partial charge in [0, 0.05) is 6.61 Å². The number of aromatic carboxylic acids is 1. The highest BCUT2D eigenvalue weighted by atomic mass is 16.4. The van der Waals surface area contributed by atoms with E-state index in [0.29, 0.717) is 12.0 Å². The third-order valence-electron chi connectivity index (χ3n) is 2.63. The summed E-state index contributed by atoms with van der Waals surface area (Å²) in [6.45, 7) is 4.02. The van der Waals surface area contributed by atoms with E-state index in [0.717, 1.165) is 23.1 Å². The largest absolute Gasteiger partial charge is 0.478 e. The molecule has 0 amide bonds. The summed E-state index contributed by atoms with van der Waals surface area (Å²) < 4.78 is 0. The van der Waals surface area contributed by atoms with Gasteiger partial charge in [0.2, 0.25) is 0 Å². The minimum Gasteiger partial charge on any atom is -0.478 e. The minimum absolute atomic E-state index is 0.135. The number of aryl methyl sites for hydroxylation is 2. The van der Waals surface area contributed by atoms with E-state index in [9.17, 15) is 4.79 Å². The van der Waals surface area contributed by atoms with Crippen LogP contribution in [0.3, 0.4) is 0 Å². The molecular weight excluding hydrogens is 192 g/mol. The second-order valence-electron chi connectivity index (χ2n) is 3.71. The maximum absolute atomic E-state index is 10.8. The van der Waals surface area contributed by atoms with Crippen molar-refractivity contribution in [2.45, 2.75) is 26.7 Å². The summed E-state index contributed by atoms with van der Waals surface area (Å²) in [4.78, 5) is 10.8. The van der Waals surface area contributed by atoms with Crippen molar-refractivity contribution in [1.29, 1.82) is 0 Å². The van der Waals surface area contributed by atoms with Gasteiger partial charge in [0.25, 0.3) is 0 Å². The van der Waals surface area contributed by atoms with Crippen LogP contribution in [0.5, 0.6) is 0 Å². The number of benzene rings is 1. The monoisotopic (exact) mass is 208 g/mol. The van der Waals surface area contributed by atoms with Crippen molar-refractivity contribution in [3.63, 3.8) is 0 Å². The van der Waals surface area contributed by atoms with Gasteiger partial charge in [-0.2, -0.15) is 0 Å². The Balaban J connectivity index is 3.07. The minimum atomic E-state index is -0.900. The van der Waals surface area contributed by atoms with Gasteiger partial charge in [0.1, 0.15) is 0 Å². The van der Waals surface area contributed by atoms with Crippen LogP contribution >= 0.6 is 0 Å². The molecule has 0 atom stereocenters. The fourth-order valence-corrected chi connectivity index (χ4v) is 1.59. The molecule has 3 nitrogen and oxygen atoms in total. The molecule has 0 aliphatic heterocycles. The van der Waals surface area contributed by atoms with E-state index in [1.54, 1.807) is 12.1 Å². The number of carboxylic acids is 1. The molecule has 0 aromatic heterocycles. The zero-order valence-electron chi connectivity index (χ0n) is 9.08. The smallest absolute Gasteiger partial charge is 0.335 e. The normalized spacial score (nSPS) is 10.3. The highest BCUT2D eigenvalue weighted by Gasteiger charge is 2.08. The molecule has 0 spiro atoms. The Kier molecular flexibility index (Phi) is 3.86. The van der Waals surface area contributed by atoms with Crippen LogP contribution in [0, 0.1) is 13.8 Å². The van der Waals surface area contributed by atoms with Gasteiger partial charge in [-0.3, -0.25) is 0 Å². The number of aliphatic hydroxyl groups is 1. The van der Waals surface area contributed by atoms with Crippen molar-refractivity contribution in [3.8, 4) is 0 Å². The molecule has 1 rings (SSSR count). The summed E-state index contributed by atoms with van der Waals surface area (Å²) in [7, 11) is 0. The first-order chi connectivity index (χ1) is 7.06. The summed E-state index contributed by atoms with van der Waals surface area (Å²) in [5, 5.41) is 17.7. The second-order valence-corrected chi connectivity index (χ2v) is 3.71. The van der Waals surface area contributed by atoms with E-state index in [1.807, 2.05) is 13.8 Å². The van der Waals surface area contributed by atoms with Crippen molar-refractivity contribution in [3.05, 3.63) is 34.4 Å². The quantitative estimate of drug-likeness (QED) is 0.794. The van der Waals surface area contributed by atoms with Crippen LogP contribution in [0.1, 0.15) is 33.5 Å². The van der Waals surface area contributed by atoms with Crippen molar-refractivity contribution in [2.75, 3.05) is 6.61 Å². The lowest BCUT2D eigenvalue weighted by Crippen LogP contribution is -2.02. The Bertz CT molecular complexity index is 369. The Morgan fingerprint density at radius 2 is 2.00 bits per heavy atom. The molecule has 3 heteroatoms. The molecule has 15 heavy (non-hydrogen) atoms. The highest BCUT2D eigenvalue weighted by molar-refractivity contribution is 5.88. The van der Waals surface area contributed by atoms with E-state index < -0.39 is 5.97 Å². The van der Waals surface area contributed by atoms with Crippen LogP contribution in [0.4, 0.5) is 0 Å². The summed E-state index contributed by atoms with van der Waals surface area (Å²) in [6, 6.07) is 3.38. The maximum atomic E-state index is 10.8. The predicted octanol–water partition coefficient (Wildman–Crippen LogP) is 1.93. The number of carboxylic acid groups (broad SMARTS) is 1. The van der Waals surface area contributed by atoms with Gasteiger partial charge in [0.05, 0.1) is 5.56 Å². The number of carbonyl (C=O) groups is 1. The van der Waals surface area contributed by atoms with E-state index in [-0.39, 0.29) is 6.61 Å². The Hall–Kier alpha value is -1.35. The van der Waals surface area contributed by atoms with Crippen molar-refractivity contribution in [1.82, 2.24) is 0 Å². The first-order valence-electron chi connectivity index (χ1n) is 5.00. The molecular formula is C12H16O3. The molecule has 2 N–H and O–H groups in total. The van der Waals surface area contributed by atoms with Crippen molar-refractivity contribution in [2.24, 2.45) is 0 Å². The predicted molar refractivity (Wildman–Crippen MR) is 58.3 cm³/mol. The average Bonchev–Trinajstić information content (AvgIpc) is 2.19. The topological polar surface area (TPSA) is 57.5 Å². The standard InChI is InChI=1S/C12H16O3/c1-8-6-11(12(14)15)7-10(9(8)2)4-3-5-13/h6-7,13H,3-5H2,1-2H3,(H,14,15). The maximum Gasteiger partial charge on any atom is 0.335 e. The number of aliphatic hydroxyl groups excluding tert-OH is 1. The van der Waals surface area contributed by atoms with Crippen LogP contribution in [0.15, 0.2) is 12.1 Å². The van der Waals surface area contributed by atoms with E-state index in [2.05, 4.69) is 0 Å². The van der Waals surface area contributed by atoms with Crippen molar-refractivity contribution < 1.29 is 15.0 Å². The number of hydrogen-bond donors (Lipinski definition) is 2. The molecule has 1 aromatic carbocycles. The van der Waals surface area contributed by atoms with Crippen LogP contribution in [-0.4, -0.2) is 22.8 Å². The summed E-state index contributed by atoms with van der Waals surface area (Å²) >= 11 is 0. The van der Waals surface area contributed by atoms with Gasteiger partial charge in [-0.1, -0.05) is 0 Å². The summed E-state index contributed by atoms with van der Waals surface area (Å²) in [5.74, 6) is -0.900. The zero-order chi connectivity index (χ0) is 11.4.